The molecule has 0 radical (unpaired) electrons. The molecule has 3 N–H and O–H groups in total. The van der Waals surface area contributed by atoms with E-state index >= 15 is 0 Å². The summed E-state index contributed by atoms with van der Waals surface area (Å²) in [5.41, 5.74) is 1.84. The Labute approximate surface area is 132 Å². The van der Waals surface area contributed by atoms with Gasteiger partial charge in [-0.2, -0.15) is 0 Å². The fraction of sp³-hybridized carbons (Fsp3) is 0.529. The Morgan fingerprint density at radius 1 is 1.18 bits per heavy atom. The minimum absolute atomic E-state index is 0.226. The van der Waals surface area contributed by atoms with Gasteiger partial charge in [0.2, 0.25) is 5.91 Å². The van der Waals surface area contributed by atoms with Crippen molar-refractivity contribution >= 4 is 17.6 Å². The molecule has 1 aromatic rings. The summed E-state index contributed by atoms with van der Waals surface area (Å²) in [7, 11) is 0. The number of hydrogen-bond donors (Lipinski definition) is 3. The molecule has 122 valence electrons. The Morgan fingerprint density at radius 2 is 1.82 bits per heavy atom. The highest BCUT2D eigenvalue weighted by atomic mass is 16.4. The number of amides is 1. The molecule has 2 unspecified atom stereocenters. The molecular weight excluding hydrogens is 280 g/mol. The van der Waals surface area contributed by atoms with E-state index in [0.717, 1.165) is 17.7 Å². The van der Waals surface area contributed by atoms with E-state index in [1.165, 1.54) is 0 Å². The second-order valence-electron chi connectivity index (χ2n) is 5.80. The summed E-state index contributed by atoms with van der Waals surface area (Å²) in [6.45, 7) is 7.73. The third-order valence-corrected chi connectivity index (χ3v) is 3.56. The molecule has 0 aliphatic rings. The van der Waals surface area contributed by atoms with Gasteiger partial charge in [-0.15, -0.1) is 0 Å². The van der Waals surface area contributed by atoms with Crippen molar-refractivity contribution in [3.63, 3.8) is 0 Å². The van der Waals surface area contributed by atoms with Crippen molar-refractivity contribution in [3.05, 3.63) is 29.8 Å². The third-order valence-electron chi connectivity index (χ3n) is 3.56. The Morgan fingerprint density at radius 3 is 2.36 bits per heavy atom. The minimum atomic E-state index is -0.927. The number of nitrogens with one attached hydrogen (secondary N) is 2. The zero-order chi connectivity index (χ0) is 16.7. The molecule has 0 heterocycles. The van der Waals surface area contributed by atoms with Crippen molar-refractivity contribution < 1.29 is 14.7 Å². The number of carbonyl (C=O) groups excluding carboxylic acids is 1. The lowest BCUT2D eigenvalue weighted by Crippen LogP contribution is -2.47. The van der Waals surface area contributed by atoms with Gasteiger partial charge in [-0.25, -0.2) is 0 Å². The predicted octanol–water partition coefficient (Wildman–Crippen LogP) is 2.98. The molecule has 0 saturated carbocycles. The van der Waals surface area contributed by atoms with Crippen molar-refractivity contribution in [1.29, 1.82) is 0 Å². The molecule has 1 amide bonds. The largest absolute Gasteiger partial charge is 0.480 e. The zero-order valence-electron chi connectivity index (χ0n) is 13.7. The predicted molar refractivity (Wildman–Crippen MR) is 88.1 cm³/mol. The van der Waals surface area contributed by atoms with Gasteiger partial charge in [-0.3, -0.25) is 14.9 Å². The Hall–Kier alpha value is -1.88. The van der Waals surface area contributed by atoms with E-state index in [9.17, 15) is 9.59 Å². The Bertz CT molecular complexity index is 514. The number of carbonyl (C=O) groups is 2. The first-order valence-electron chi connectivity index (χ1n) is 7.75. The van der Waals surface area contributed by atoms with Crippen molar-refractivity contribution in [1.82, 2.24) is 5.32 Å². The van der Waals surface area contributed by atoms with Crippen LogP contribution in [0.3, 0.4) is 0 Å². The molecule has 0 spiro atoms. The molecule has 1 rings (SSSR count). The highest BCUT2D eigenvalue weighted by molar-refractivity contribution is 5.95. The zero-order valence-corrected chi connectivity index (χ0v) is 13.7. The van der Waals surface area contributed by atoms with Crippen LogP contribution in [0.15, 0.2) is 24.3 Å². The number of hydrogen-bond acceptors (Lipinski definition) is 3. The van der Waals surface area contributed by atoms with Crippen LogP contribution < -0.4 is 10.6 Å². The quantitative estimate of drug-likeness (QED) is 0.690. The fourth-order valence-electron chi connectivity index (χ4n) is 2.30. The number of rotatable bonds is 8. The first kappa shape index (κ1) is 18.2. The molecule has 2 atom stereocenters. The molecule has 0 fully saturated rings. The Kier molecular flexibility index (Phi) is 7.05. The van der Waals surface area contributed by atoms with Crippen molar-refractivity contribution in [3.8, 4) is 0 Å². The van der Waals surface area contributed by atoms with Crippen LogP contribution in [0.1, 0.15) is 52.0 Å². The highest BCUT2D eigenvalue weighted by Crippen LogP contribution is 2.23. The number of carboxylic acids is 1. The lowest BCUT2D eigenvalue weighted by atomic mass is 10.0. The number of anilines is 1. The monoisotopic (exact) mass is 306 g/mol. The van der Waals surface area contributed by atoms with E-state index < -0.39 is 18.1 Å². The maximum absolute atomic E-state index is 12.3. The van der Waals surface area contributed by atoms with Gasteiger partial charge in [-0.05, 0) is 30.9 Å². The first-order valence-corrected chi connectivity index (χ1v) is 7.75. The minimum Gasteiger partial charge on any atom is -0.480 e. The van der Waals surface area contributed by atoms with Crippen LogP contribution in [0.4, 0.5) is 5.69 Å². The molecule has 0 saturated heterocycles. The topological polar surface area (TPSA) is 78.4 Å². The van der Waals surface area contributed by atoms with Gasteiger partial charge < -0.3 is 10.4 Å². The molecule has 0 aliphatic carbocycles. The molecule has 0 aliphatic heterocycles. The van der Waals surface area contributed by atoms with Gasteiger partial charge in [0.25, 0.3) is 0 Å². The fourth-order valence-corrected chi connectivity index (χ4v) is 2.30. The third kappa shape index (κ3) is 5.15. The molecule has 0 aromatic heterocycles. The van der Waals surface area contributed by atoms with Crippen LogP contribution in [0.2, 0.25) is 0 Å². The molecule has 0 bridgehead atoms. The SMILES string of the molecule is CCCC(NC(C)C(=O)Nc1ccccc1C(C)C)C(=O)O. The molecule has 1 aromatic carbocycles. The van der Waals surface area contributed by atoms with Gasteiger partial charge in [0.15, 0.2) is 0 Å². The van der Waals surface area contributed by atoms with E-state index in [1.54, 1.807) is 6.92 Å². The van der Waals surface area contributed by atoms with Crippen LogP contribution in [0.5, 0.6) is 0 Å². The van der Waals surface area contributed by atoms with Crippen LogP contribution in [0, 0.1) is 0 Å². The van der Waals surface area contributed by atoms with Crippen LogP contribution in [-0.4, -0.2) is 29.1 Å². The van der Waals surface area contributed by atoms with E-state index in [0.29, 0.717) is 12.3 Å². The summed E-state index contributed by atoms with van der Waals surface area (Å²) < 4.78 is 0. The maximum Gasteiger partial charge on any atom is 0.320 e. The molecule has 5 nitrogen and oxygen atoms in total. The standard InChI is InChI=1S/C17H26N2O3/c1-5-8-15(17(21)22)18-12(4)16(20)19-14-10-7-6-9-13(14)11(2)3/h6-7,9-12,15,18H,5,8H2,1-4H3,(H,19,20)(H,21,22). The van der Waals surface area contributed by atoms with Crippen molar-refractivity contribution in [2.45, 2.75) is 58.5 Å². The summed E-state index contributed by atoms with van der Waals surface area (Å²) in [5, 5.41) is 14.9. The number of carboxylic acid groups (broad SMARTS) is 1. The smallest absolute Gasteiger partial charge is 0.320 e. The second-order valence-corrected chi connectivity index (χ2v) is 5.80. The molecule has 5 heteroatoms. The van der Waals surface area contributed by atoms with Crippen molar-refractivity contribution in [2.75, 3.05) is 5.32 Å². The summed E-state index contributed by atoms with van der Waals surface area (Å²) in [5.74, 6) is -0.855. The first-order chi connectivity index (χ1) is 10.4. The summed E-state index contributed by atoms with van der Waals surface area (Å²) in [6, 6.07) is 6.38. The van der Waals surface area contributed by atoms with Gasteiger partial charge in [0, 0.05) is 5.69 Å². The van der Waals surface area contributed by atoms with Gasteiger partial charge >= 0.3 is 5.97 Å². The van der Waals surface area contributed by atoms with E-state index in [2.05, 4.69) is 24.5 Å². The van der Waals surface area contributed by atoms with E-state index in [4.69, 9.17) is 5.11 Å². The van der Waals surface area contributed by atoms with Gasteiger partial charge in [-0.1, -0.05) is 45.4 Å². The molecule has 22 heavy (non-hydrogen) atoms. The Balaban J connectivity index is 2.74. The van der Waals surface area contributed by atoms with E-state index in [-0.39, 0.29) is 5.91 Å². The van der Waals surface area contributed by atoms with Crippen LogP contribution >= 0.6 is 0 Å². The average Bonchev–Trinajstić information content (AvgIpc) is 2.46. The van der Waals surface area contributed by atoms with Crippen LogP contribution in [0.25, 0.3) is 0 Å². The van der Waals surface area contributed by atoms with Crippen molar-refractivity contribution in [2.24, 2.45) is 0 Å². The average molecular weight is 306 g/mol. The van der Waals surface area contributed by atoms with Gasteiger partial charge in [0.1, 0.15) is 6.04 Å². The number of aliphatic carboxylic acids is 1. The lowest BCUT2D eigenvalue weighted by Gasteiger charge is -2.20. The van der Waals surface area contributed by atoms with Gasteiger partial charge in [0.05, 0.1) is 6.04 Å². The van der Waals surface area contributed by atoms with Crippen LogP contribution in [-0.2, 0) is 9.59 Å². The number of benzene rings is 1. The highest BCUT2D eigenvalue weighted by Gasteiger charge is 2.22. The molecular formula is C17H26N2O3. The summed E-state index contributed by atoms with van der Waals surface area (Å²) in [4.78, 5) is 23.4. The lowest BCUT2D eigenvalue weighted by molar-refractivity contribution is -0.140. The second kappa shape index (κ2) is 8.54. The summed E-state index contributed by atoms with van der Waals surface area (Å²) >= 11 is 0. The maximum atomic E-state index is 12.3. The van der Waals surface area contributed by atoms with E-state index in [1.807, 2.05) is 31.2 Å². The summed E-state index contributed by atoms with van der Waals surface area (Å²) in [6.07, 6.45) is 1.24. The number of para-hydroxylation sites is 1. The normalized spacial score (nSPS) is 13.7.